The van der Waals surface area contributed by atoms with E-state index in [1.54, 1.807) is 18.3 Å². The second-order valence-electron chi connectivity index (χ2n) is 3.88. The van der Waals surface area contributed by atoms with Crippen LogP contribution in [-0.4, -0.2) is 36.5 Å². The molecule has 19 heavy (non-hydrogen) atoms. The quantitative estimate of drug-likeness (QED) is 0.797. The van der Waals surface area contributed by atoms with Crippen LogP contribution in [0.15, 0.2) is 17.5 Å². The Bertz CT molecular complexity index is 559. The molecule has 0 unspecified atom stereocenters. The third kappa shape index (κ3) is 3.13. The highest BCUT2D eigenvalue weighted by Crippen LogP contribution is 2.30. The van der Waals surface area contributed by atoms with E-state index in [1.807, 2.05) is 24.4 Å². The Labute approximate surface area is 119 Å². The van der Waals surface area contributed by atoms with Gasteiger partial charge in [0.05, 0.1) is 11.5 Å². The van der Waals surface area contributed by atoms with Gasteiger partial charge >= 0.3 is 5.97 Å². The van der Waals surface area contributed by atoms with Gasteiger partial charge in [-0.2, -0.15) is 0 Å². The number of nitrogens with zero attached hydrogens (tertiary/aromatic N) is 1. The first-order chi connectivity index (χ1) is 9.15. The van der Waals surface area contributed by atoms with Crippen molar-refractivity contribution in [1.82, 2.24) is 4.90 Å². The summed E-state index contributed by atoms with van der Waals surface area (Å²) in [6, 6.07) is 3.89. The molecule has 0 bridgehead atoms. The summed E-state index contributed by atoms with van der Waals surface area (Å²) in [5.41, 5.74) is 0. The van der Waals surface area contributed by atoms with E-state index >= 15 is 0 Å². The van der Waals surface area contributed by atoms with Crippen LogP contribution in [0.5, 0.6) is 0 Å². The number of hydrogen-bond donors (Lipinski definition) is 0. The van der Waals surface area contributed by atoms with Crippen LogP contribution >= 0.6 is 22.7 Å². The van der Waals surface area contributed by atoms with Crippen molar-refractivity contribution in [2.24, 2.45) is 0 Å². The molecule has 0 atom stereocenters. The monoisotopic (exact) mass is 297 g/mol. The molecule has 2 aromatic heterocycles. The first-order valence-corrected chi connectivity index (χ1v) is 7.77. The molecule has 2 heterocycles. The molecule has 0 radical (unpaired) electrons. The van der Waals surface area contributed by atoms with E-state index in [-0.39, 0.29) is 18.4 Å². The highest BCUT2D eigenvalue weighted by Gasteiger charge is 2.20. The first-order valence-electron chi connectivity index (χ1n) is 6.07. The number of carbonyl (C=O) groups excluding carboxylic acids is 2. The molecule has 2 aromatic rings. The van der Waals surface area contributed by atoms with E-state index in [1.165, 1.54) is 16.2 Å². The largest absolute Gasteiger partial charge is 0.465 e. The Morgan fingerprint density at radius 3 is 2.74 bits per heavy atom. The molecule has 0 N–H and O–H groups in total. The number of fused-ring (bicyclic) bond motifs is 1. The Kier molecular flexibility index (Phi) is 4.55. The number of esters is 1. The second-order valence-corrected chi connectivity index (χ2v) is 5.92. The molecule has 0 saturated heterocycles. The minimum absolute atomic E-state index is 0.00865. The Morgan fingerprint density at radius 2 is 2.11 bits per heavy atom. The zero-order chi connectivity index (χ0) is 13.8. The maximum atomic E-state index is 12.3. The van der Waals surface area contributed by atoms with E-state index in [9.17, 15) is 9.59 Å². The standard InChI is InChI=1S/C13H15NO3S2/c1-3-14(8-12(15)17-4-2)13(16)11-7-10-9(19-11)5-6-18-10/h5-7H,3-4,8H2,1-2H3. The highest BCUT2D eigenvalue weighted by molar-refractivity contribution is 7.27. The smallest absolute Gasteiger partial charge is 0.325 e. The van der Waals surface area contributed by atoms with Crippen LogP contribution in [-0.2, 0) is 9.53 Å². The molecule has 0 saturated carbocycles. The number of amides is 1. The third-order valence-corrected chi connectivity index (χ3v) is 4.73. The average Bonchev–Trinajstić information content (AvgIpc) is 2.96. The van der Waals surface area contributed by atoms with Crippen LogP contribution in [0.25, 0.3) is 9.40 Å². The lowest BCUT2D eigenvalue weighted by atomic mass is 10.3. The van der Waals surface area contributed by atoms with Gasteiger partial charge in [-0.05, 0) is 31.4 Å². The van der Waals surface area contributed by atoms with Crippen LogP contribution in [0.2, 0.25) is 0 Å². The van der Waals surface area contributed by atoms with Gasteiger partial charge in [-0.1, -0.05) is 0 Å². The number of ether oxygens (including phenoxy) is 1. The van der Waals surface area contributed by atoms with Gasteiger partial charge in [0.15, 0.2) is 0 Å². The summed E-state index contributed by atoms with van der Waals surface area (Å²) in [5, 5.41) is 2.01. The van der Waals surface area contributed by atoms with Crippen molar-refractivity contribution in [3.05, 3.63) is 22.4 Å². The summed E-state index contributed by atoms with van der Waals surface area (Å²) in [6.07, 6.45) is 0. The summed E-state index contributed by atoms with van der Waals surface area (Å²) >= 11 is 3.08. The van der Waals surface area contributed by atoms with Crippen molar-refractivity contribution >= 4 is 43.9 Å². The molecular formula is C13H15NO3S2. The lowest BCUT2D eigenvalue weighted by molar-refractivity contribution is -0.143. The summed E-state index contributed by atoms with van der Waals surface area (Å²) in [4.78, 5) is 26.0. The van der Waals surface area contributed by atoms with Crippen LogP contribution in [0.3, 0.4) is 0 Å². The molecule has 0 aliphatic carbocycles. The Balaban J connectivity index is 2.11. The van der Waals surface area contributed by atoms with Crippen molar-refractivity contribution in [2.45, 2.75) is 13.8 Å². The van der Waals surface area contributed by atoms with Crippen molar-refractivity contribution in [3.63, 3.8) is 0 Å². The minimum Gasteiger partial charge on any atom is -0.465 e. The fraction of sp³-hybridized carbons (Fsp3) is 0.385. The van der Waals surface area contributed by atoms with Crippen LogP contribution < -0.4 is 0 Å². The molecule has 1 amide bonds. The maximum absolute atomic E-state index is 12.3. The van der Waals surface area contributed by atoms with Gasteiger partial charge in [-0.25, -0.2) is 0 Å². The van der Waals surface area contributed by atoms with E-state index < -0.39 is 0 Å². The fourth-order valence-corrected chi connectivity index (χ4v) is 3.79. The Hall–Kier alpha value is -1.40. The van der Waals surface area contributed by atoms with E-state index in [0.29, 0.717) is 18.0 Å². The van der Waals surface area contributed by atoms with E-state index in [0.717, 1.165) is 9.40 Å². The molecule has 0 aliphatic rings. The molecule has 2 rings (SSSR count). The van der Waals surface area contributed by atoms with Crippen LogP contribution in [0.4, 0.5) is 0 Å². The second kappa shape index (κ2) is 6.16. The average molecular weight is 297 g/mol. The maximum Gasteiger partial charge on any atom is 0.325 e. The van der Waals surface area contributed by atoms with Gasteiger partial charge in [0, 0.05) is 15.9 Å². The number of rotatable bonds is 5. The first kappa shape index (κ1) is 14.0. The third-order valence-electron chi connectivity index (χ3n) is 2.64. The molecule has 0 fully saturated rings. The number of hydrogen-bond acceptors (Lipinski definition) is 5. The summed E-state index contributed by atoms with van der Waals surface area (Å²) in [5.74, 6) is -0.472. The van der Waals surface area contributed by atoms with Gasteiger partial charge in [0.2, 0.25) is 0 Å². The fourth-order valence-electron chi connectivity index (χ4n) is 1.72. The predicted molar refractivity (Wildman–Crippen MR) is 77.9 cm³/mol. The lowest BCUT2D eigenvalue weighted by Crippen LogP contribution is -2.35. The molecule has 0 spiro atoms. The van der Waals surface area contributed by atoms with Crippen molar-refractivity contribution in [3.8, 4) is 0 Å². The highest BCUT2D eigenvalue weighted by atomic mass is 32.1. The predicted octanol–water partition coefficient (Wildman–Crippen LogP) is 2.99. The lowest BCUT2D eigenvalue weighted by Gasteiger charge is -2.18. The normalized spacial score (nSPS) is 10.6. The minimum atomic E-state index is -0.365. The Morgan fingerprint density at radius 1 is 1.32 bits per heavy atom. The zero-order valence-electron chi connectivity index (χ0n) is 10.8. The SMILES string of the molecule is CCOC(=O)CN(CC)C(=O)c1cc2sccc2s1. The van der Waals surface area contributed by atoms with Gasteiger partial charge < -0.3 is 9.64 Å². The molecule has 0 aromatic carbocycles. The van der Waals surface area contributed by atoms with Crippen LogP contribution in [0.1, 0.15) is 23.5 Å². The van der Waals surface area contributed by atoms with Gasteiger partial charge in [0.25, 0.3) is 5.91 Å². The van der Waals surface area contributed by atoms with E-state index in [2.05, 4.69) is 0 Å². The van der Waals surface area contributed by atoms with Gasteiger partial charge in [-0.3, -0.25) is 9.59 Å². The van der Waals surface area contributed by atoms with Crippen molar-refractivity contribution in [2.75, 3.05) is 19.7 Å². The molecular weight excluding hydrogens is 282 g/mol. The summed E-state index contributed by atoms with van der Waals surface area (Å²) in [6.45, 7) is 4.44. The molecule has 0 aliphatic heterocycles. The van der Waals surface area contributed by atoms with Crippen LogP contribution in [0, 0.1) is 0 Å². The van der Waals surface area contributed by atoms with E-state index in [4.69, 9.17) is 4.74 Å². The van der Waals surface area contributed by atoms with Gasteiger partial charge in [-0.15, -0.1) is 22.7 Å². The number of thiophene rings is 2. The summed E-state index contributed by atoms with van der Waals surface area (Å²) < 4.78 is 7.10. The van der Waals surface area contributed by atoms with Gasteiger partial charge in [0.1, 0.15) is 6.54 Å². The number of likely N-dealkylation sites (N-methyl/N-ethyl adjacent to an activating group) is 1. The van der Waals surface area contributed by atoms with Crippen molar-refractivity contribution in [1.29, 1.82) is 0 Å². The summed E-state index contributed by atoms with van der Waals surface area (Å²) in [7, 11) is 0. The zero-order valence-corrected chi connectivity index (χ0v) is 12.5. The topological polar surface area (TPSA) is 46.6 Å². The molecule has 102 valence electrons. The molecule has 4 nitrogen and oxygen atoms in total. The number of carbonyl (C=O) groups is 2. The molecule has 6 heteroatoms. The van der Waals surface area contributed by atoms with Crippen molar-refractivity contribution < 1.29 is 14.3 Å².